The third-order valence-electron chi connectivity index (χ3n) is 10.5. The van der Waals surface area contributed by atoms with E-state index in [0.717, 1.165) is 45.1 Å². The van der Waals surface area contributed by atoms with Gasteiger partial charge in [0.2, 0.25) is 0 Å². The van der Waals surface area contributed by atoms with Gasteiger partial charge >= 0.3 is 0 Å². The summed E-state index contributed by atoms with van der Waals surface area (Å²) in [5.41, 5.74) is -0.290. The Morgan fingerprint density at radius 2 is 2.09 bits per heavy atom. The van der Waals surface area contributed by atoms with E-state index in [2.05, 4.69) is 44.0 Å². The van der Waals surface area contributed by atoms with Gasteiger partial charge < -0.3 is 24.6 Å². The number of unbranched alkanes of at least 4 members (excludes halogenated alkanes) is 1. The molecule has 7 atom stereocenters. The Morgan fingerprint density at radius 3 is 2.81 bits per heavy atom. The first-order valence-corrected chi connectivity index (χ1v) is 12.4. The third-order valence-corrected chi connectivity index (χ3v) is 10.5. The fourth-order valence-corrected chi connectivity index (χ4v) is 9.09. The van der Waals surface area contributed by atoms with E-state index < -0.39 is 16.8 Å². The van der Waals surface area contributed by atoms with Crippen LogP contribution in [-0.2, 0) is 16.6 Å². The zero-order valence-corrected chi connectivity index (χ0v) is 20.1. The summed E-state index contributed by atoms with van der Waals surface area (Å²) >= 11 is 0. The zero-order chi connectivity index (χ0) is 22.7. The molecule has 2 heterocycles. The van der Waals surface area contributed by atoms with Crippen LogP contribution in [0.4, 0.5) is 0 Å². The molecule has 1 saturated carbocycles. The van der Waals surface area contributed by atoms with Gasteiger partial charge in [-0.3, -0.25) is 0 Å². The van der Waals surface area contributed by atoms with Gasteiger partial charge in [-0.15, -0.1) is 0 Å². The van der Waals surface area contributed by atoms with Crippen molar-refractivity contribution in [2.75, 3.05) is 20.7 Å². The Labute approximate surface area is 191 Å². The lowest BCUT2D eigenvalue weighted by Crippen LogP contribution is -2.85. The molecule has 5 nitrogen and oxygen atoms in total. The van der Waals surface area contributed by atoms with Crippen LogP contribution in [0.2, 0.25) is 0 Å². The Morgan fingerprint density at radius 1 is 1.31 bits per heavy atom. The second kappa shape index (κ2) is 6.11. The minimum Gasteiger partial charge on any atom is -0.504 e. The predicted molar refractivity (Wildman–Crippen MR) is 123 cm³/mol. The number of aliphatic hydroxyl groups is 1. The monoisotopic (exact) mass is 439 g/mol. The van der Waals surface area contributed by atoms with E-state index in [-0.39, 0.29) is 22.5 Å². The number of benzene rings is 1. The summed E-state index contributed by atoms with van der Waals surface area (Å²) in [4.78, 5) is 2.52. The second-order valence-electron chi connectivity index (χ2n) is 11.5. The van der Waals surface area contributed by atoms with E-state index in [1.54, 1.807) is 13.2 Å². The van der Waals surface area contributed by atoms with E-state index in [0.29, 0.717) is 11.8 Å². The largest absolute Gasteiger partial charge is 0.504 e. The topological polar surface area (TPSA) is 62.2 Å². The SMILES string of the molecule is CCCC[C@](C)(O)[C@@H]1C[C@@]23C=C[C@@]1(OC)[C@]1(C)Oc4c(O)ccc5c4[C@@]12CCN(C)[C@H]3C5. The van der Waals surface area contributed by atoms with Crippen LogP contribution in [0.1, 0.15) is 64.0 Å². The number of ether oxygens (including phenoxy) is 2. The lowest BCUT2D eigenvalue weighted by atomic mass is 9.32. The highest BCUT2D eigenvalue weighted by molar-refractivity contribution is 5.67. The van der Waals surface area contributed by atoms with Crippen molar-refractivity contribution in [2.24, 2.45) is 11.3 Å². The lowest BCUT2D eigenvalue weighted by molar-refractivity contribution is -0.286. The van der Waals surface area contributed by atoms with Gasteiger partial charge in [-0.05, 0) is 64.8 Å². The summed E-state index contributed by atoms with van der Waals surface area (Å²) in [7, 11) is 4.02. The van der Waals surface area contributed by atoms with Gasteiger partial charge in [-0.25, -0.2) is 0 Å². The van der Waals surface area contributed by atoms with Crippen LogP contribution in [-0.4, -0.2) is 58.7 Å². The van der Waals surface area contributed by atoms with Gasteiger partial charge in [-0.2, -0.15) is 0 Å². The highest BCUT2D eigenvalue weighted by Gasteiger charge is 2.85. The normalized spacial score (nSPS) is 44.8. The van der Waals surface area contributed by atoms with Crippen LogP contribution >= 0.6 is 0 Å². The van der Waals surface area contributed by atoms with E-state index in [1.165, 1.54) is 11.1 Å². The van der Waals surface area contributed by atoms with Crippen molar-refractivity contribution in [1.29, 1.82) is 0 Å². The van der Waals surface area contributed by atoms with Gasteiger partial charge in [0, 0.05) is 30.0 Å². The fourth-order valence-electron chi connectivity index (χ4n) is 9.09. The molecule has 6 aliphatic rings. The standard InChI is InChI=1S/C27H37NO4/c1-6-7-10-23(2,30)19-16-25-11-12-27(19,31-5)24(3)26(25)13-14-28(4)20(25)15-17-8-9-18(29)22(32-24)21(17)26/h8-9,11-12,19-20,29-30H,6-7,10,13-16H2,1-5H3/t19-,20-,23-,24+,25+,26-,27-/m0/s1. The Kier molecular flexibility index (Phi) is 4.01. The van der Waals surface area contributed by atoms with Crippen LogP contribution in [0.15, 0.2) is 24.3 Å². The van der Waals surface area contributed by atoms with Crippen LogP contribution < -0.4 is 4.74 Å². The molecule has 5 heteroatoms. The van der Waals surface area contributed by atoms with Crippen molar-refractivity contribution >= 4 is 0 Å². The molecule has 0 aromatic heterocycles. The first kappa shape index (κ1) is 21.0. The number of likely N-dealkylation sites (tertiary alicyclic amines) is 1. The van der Waals surface area contributed by atoms with Crippen LogP contribution in [0.3, 0.4) is 0 Å². The van der Waals surface area contributed by atoms with Crippen molar-refractivity contribution in [3.8, 4) is 11.5 Å². The molecule has 2 aliphatic heterocycles. The number of hydrogen-bond acceptors (Lipinski definition) is 5. The molecule has 0 amide bonds. The van der Waals surface area contributed by atoms with E-state index in [9.17, 15) is 10.2 Å². The van der Waals surface area contributed by atoms with Crippen molar-refractivity contribution < 1.29 is 19.7 Å². The molecule has 4 bridgehead atoms. The van der Waals surface area contributed by atoms with Gasteiger partial charge in [-0.1, -0.05) is 38.0 Å². The van der Waals surface area contributed by atoms with Crippen molar-refractivity contribution in [1.82, 2.24) is 4.90 Å². The summed E-state index contributed by atoms with van der Waals surface area (Å²) in [6.07, 6.45) is 10.2. The Balaban J connectivity index is 1.66. The summed E-state index contributed by atoms with van der Waals surface area (Å²) in [6.45, 7) is 7.37. The number of phenols is 1. The van der Waals surface area contributed by atoms with E-state index in [1.807, 2.05) is 6.92 Å². The Hall–Kier alpha value is -1.56. The number of aromatic hydroxyl groups is 1. The van der Waals surface area contributed by atoms with Crippen molar-refractivity contribution in [3.05, 3.63) is 35.4 Å². The number of fused-ring (bicyclic) bond motifs is 1. The van der Waals surface area contributed by atoms with Crippen molar-refractivity contribution in [3.63, 3.8) is 0 Å². The molecule has 1 saturated heterocycles. The van der Waals surface area contributed by atoms with E-state index in [4.69, 9.17) is 9.47 Å². The van der Waals surface area contributed by atoms with E-state index >= 15 is 0 Å². The Bertz CT molecular complexity index is 1020. The molecule has 2 spiro atoms. The molecule has 1 aromatic rings. The number of hydrogen-bond donors (Lipinski definition) is 2. The average molecular weight is 440 g/mol. The van der Waals surface area contributed by atoms with Gasteiger partial charge in [0.15, 0.2) is 11.5 Å². The summed E-state index contributed by atoms with van der Waals surface area (Å²) < 4.78 is 13.4. The number of nitrogens with zero attached hydrogens (tertiary/aromatic N) is 1. The molecule has 174 valence electrons. The summed E-state index contributed by atoms with van der Waals surface area (Å²) in [5, 5.41) is 22.8. The molecule has 1 aromatic carbocycles. The molecule has 2 N–H and O–H groups in total. The van der Waals surface area contributed by atoms with Crippen LogP contribution in [0, 0.1) is 11.3 Å². The number of likely N-dealkylation sites (N-methyl/N-ethyl adjacent to an activating group) is 1. The zero-order valence-electron chi connectivity index (χ0n) is 20.1. The summed E-state index contributed by atoms with van der Waals surface area (Å²) in [5.74, 6) is 0.777. The third kappa shape index (κ3) is 1.93. The van der Waals surface area contributed by atoms with Crippen LogP contribution in [0.25, 0.3) is 0 Å². The lowest BCUT2D eigenvalue weighted by Gasteiger charge is -2.75. The fraction of sp³-hybridized carbons (Fsp3) is 0.704. The number of piperidine rings is 1. The minimum absolute atomic E-state index is 0.0957. The molecule has 32 heavy (non-hydrogen) atoms. The maximum atomic E-state index is 11.9. The molecule has 0 radical (unpaired) electrons. The predicted octanol–water partition coefficient (Wildman–Crippen LogP) is 3.94. The van der Waals surface area contributed by atoms with Crippen molar-refractivity contribution in [2.45, 2.75) is 87.6 Å². The minimum atomic E-state index is -0.873. The number of rotatable bonds is 5. The van der Waals surface area contributed by atoms with Gasteiger partial charge in [0.1, 0.15) is 11.2 Å². The molecule has 4 aliphatic carbocycles. The van der Waals surface area contributed by atoms with Crippen LogP contribution in [0.5, 0.6) is 11.5 Å². The molecule has 0 unspecified atom stereocenters. The highest BCUT2D eigenvalue weighted by atomic mass is 16.6. The average Bonchev–Trinajstić information content (AvgIpc) is 3.07. The summed E-state index contributed by atoms with van der Waals surface area (Å²) in [6, 6.07) is 4.23. The molecule has 7 rings (SSSR count). The number of methoxy groups -OCH3 is 1. The first-order valence-electron chi connectivity index (χ1n) is 12.4. The quantitative estimate of drug-likeness (QED) is 0.681. The smallest absolute Gasteiger partial charge is 0.166 e. The highest BCUT2D eigenvalue weighted by Crippen LogP contribution is 2.79. The number of phenolic OH excluding ortho intramolecular Hbond substituents is 1. The molecular weight excluding hydrogens is 402 g/mol. The van der Waals surface area contributed by atoms with Gasteiger partial charge in [0.25, 0.3) is 0 Å². The first-order chi connectivity index (χ1) is 15.1. The maximum absolute atomic E-state index is 11.9. The molecule has 2 fully saturated rings. The maximum Gasteiger partial charge on any atom is 0.166 e. The van der Waals surface area contributed by atoms with Gasteiger partial charge in [0.05, 0.1) is 11.0 Å². The molecular formula is C27H37NO4. The second-order valence-corrected chi connectivity index (χ2v) is 11.5.